The summed E-state index contributed by atoms with van der Waals surface area (Å²) < 4.78 is 6.03. The minimum Gasteiger partial charge on any atom is -0.497 e. The summed E-state index contributed by atoms with van der Waals surface area (Å²) in [5.41, 5.74) is -0.483. The number of benzene rings is 1. The lowest BCUT2D eigenvalue weighted by atomic mass is 10.2. The van der Waals surface area contributed by atoms with E-state index < -0.39 is 17.2 Å². The Balaban J connectivity index is 1.90. The van der Waals surface area contributed by atoms with E-state index >= 15 is 0 Å². The van der Waals surface area contributed by atoms with Crippen LogP contribution in [0.25, 0.3) is 0 Å². The third kappa shape index (κ3) is 3.69. The fraction of sp³-hybridized carbons (Fsp3) is 0.111. The van der Waals surface area contributed by atoms with Crippen LogP contribution in [0.1, 0.15) is 16.1 Å². The third-order valence-corrected chi connectivity index (χ3v) is 3.68. The van der Waals surface area contributed by atoms with Gasteiger partial charge in [0.15, 0.2) is 0 Å². The van der Waals surface area contributed by atoms with Crippen molar-refractivity contribution in [1.82, 2.24) is 14.5 Å². The van der Waals surface area contributed by atoms with Gasteiger partial charge in [-0.1, -0.05) is 12.1 Å². The topological polar surface area (TPSA) is 106 Å². The number of nitrogens with one attached hydrogen (secondary N) is 2. The predicted octanol–water partition coefficient (Wildman–Crippen LogP) is 1.24. The Kier molecular flexibility index (Phi) is 4.93. The number of nitrogens with zero attached hydrogens (tertiary/aromatic N) is 2. The van der Waals surface area contributed by atoms with Crippen LogP contribution in [0.3, 0.4) is 0 Å². The van der Waals surface area contributed by atoms with Gasteiger partial charge in [-0.2, -0.15) is 0 Å². The molecule has 0 aliphatic heterocycles. The fourth-order valence-electron chi connectivity index (χ4n) is 2.37. The maximum absolute atomic E-state index is 12.6. The zero-order valence-corrected chi connectivity index (χ0v) is 13.9. The monoisotopic (exact) mass is 352 g/mol. The molecule has 0 spiro atoms. The van der Waals surface area contributed by atoms with Crippen LogP contribution in [0.15, 0.2) is 64.4 Å². The van der Waals surface area contributed by atoms with Gasteiger partial charge in [0.05, 0.1) is 19.3 Å². The first-order valence-corrected chi connectivity index (χ1v) is 7.76. The fourth-order valence-corrected chi connectivity index (χ4v) is 2.37. The molecule has 1 amide bonds. The largest absolute Gasteiger partial charge is 0.497 e. The molecule has 0 unspecified atom stereocenters. The first-order valence-electron chi connectivity index (χ1n) is 7.76. The van der Waals surface area contributed by atoms with Crippen LogP contribution in [0.4, 0.5) is 5.69 Å². The highest BCUT2D eigenvalue weighted by Crippen LogP contribution is 2.16. The molecule has 132 valence electrons. The summed E-state index contributed by atoms with van der Waals surface area (Å²) in [6.45, 7) is -0.0325. The Morgan fingerprint density at radius 2 is 2.08 bits per heavy atom. The Morgan fingerprint density at radius 3 is 2.81 bits per heavy atom. The van der Waals surface area contributed by atoms with Crippen LogP contribution in [0.2, 0.25) is 0 Å². The summed E-state index contributed by atoms with van der Waals surface area (Å²) >= 11 is 0. The Hall–Kier alpha value is -3.68. The number of H-pyrrole nitrogens is 1. The molecule has 2 N–H and O–H groups in total. The van der Waals surface area contributed by atoms with Crippen LogP contribution < -0.4 is 21.3 Å². The van der Waals surface area contributed by atoms with E-state index in [1.807, 2.05) is 0 Å². The van der Waals surface area contributed by atoms with E-state index in [4.69, 9.17) is 4.74 Å². The van der Waals surface area contributed by atoms with E-state index in [9.17, 15) is 14.4 Å². The van der Waals surface area contributed by atoms with Crippen molar-refractivity contribution in [3.63, 3.8) is 0 Å². The molecular formula is C18H16N4O4. The van der Waals surface area contributed by atoms with Crippen molar-refractivity contribution in [2.24, 2.45) is 0 Å². The Morgan fingerprint density at radius 1 is 1.23 bits per heavy atom. The minimum absolute atomic E-state index is 0.0325. The van der Waals surface area contributed by atoms with E-state index in [-0.39, 0.29) is 12.1 Å². The Labute approximate surface area is 148 Å². The molecule has 2 heterocycles. The summed E-state index contributed by atoms with van der Waals surface area (Å²) in [4.78, 5) is 43.5. The lowest BCUT2D eigenvalue weighted by molar-refractivity contribution is 0.102. The van der Waals surface area contributed by atoms with Gasteiger partial charge in [-0.25, -0.2) is 4.79 Å². The second-order valence-corrected chi connectivity index (χ2v) is 5.41. The van der Waals surface area contributed by atoms with Gasteiger partial charge in [-0.15, -0.1) is 0 Å². The quantitative estimate of drug-likeness (QED) is 0.719. The number of methoxy groups -OCH3 is 1. The van der Waals surface area contributed by atoms with Gasteiger partial charge >= 0.3 is 5.69 Å². The third-order valence-electron chi connectivity index (χ3n) is 3.68. The highest BCUT2D eigenvalue weighted by Gasteiger charge is 2.15. The number of hydrogen-bond donors (Lipinski definition) is 2. The molecule has 0 aliphatic rings. The second kappa shape index (κ2) is 7.47. The van der Waals surface area contributed by atoms with E-state index in [2.05, 4.69) is 15.3 Å². The van der Waals surface area contributed by atoms with Gasteiger partial charge in [-0.05, 0) is 24.3 Å². The van der Waals surface area contributed by atoms with Crippen molar-refractivity contribution < 1.29 is 9.53 Å². The van der Waals surface area contributed by atoms with Gasteiger partial charge < -0.3 is 15.0 Å². The van der Waals surface area contributed by atoms with Crippen LogP contribution in [-0.2, 0) is 6.54 Å². The van der Waals surface area contributed by atoms with Gasteiger partial charge in [0.25, 0.3) is 11.5 Å². The lowest BCUT2D eigenvalue weighted by Gasteiger charge is -2.08. The van der Waals surface area contributed by atoms with Crippen molar-refractivity contribution in [2.75, 3.05) is 12.4 Å². The summed E-state index contributed by atoms with van der Waals surface area (Å²) in [7, 11) is 1.51. The molecule has 8 heteroatoms. The molecule has 0 saturated carbocycles. The van der Waals surface area contributed by atoms with Crippen molar-refractivity contribution in [3.8, 4) is 5.75 Å². The molecule has 2 aromatic heterocycles. The molecule has 3 rings (SSSR count). The predicted molar refractivity (Wildman–Crippen MR) is 95.6 cm³/mol. The summed E-state index contributed by atoms with van der Waals surface area (Å²) in [6.07, 6.45) is 2.67. The molecule has 8 nitrogen and oxygen atoms in total. The number of amides is 1. The number of rotatable bonds is 5. The van der Waals surface area contributed by atoms with Crippen LogP contribution in [0, 0.1) is 0 Å². The van der Waals surface area contributed by atoms with Crippen molar-refractivity contribution in [3.05, 3.63) is 87.0 Å². The molecule has 0 atom stereocenters. The number of aromatic nitrogens is 3. The second-order valence-electron chi connectivity index (χ2n) is 5.41. The highest BCUT2D eigenvalue weighted by molar-refractivity contribution is 6.03. The standard InChI is InChI=1S/C18H16N4O4/c1-26-14-7-4-6-12(9-14)21-16(23)15-10-20-18(25)22(17(15)24)11-13-5-2-3-8-19-13/h2-10H,11H2,1H3,(H,20,25)(H,21,23). The Bertz CT molecular complexity index is 1040. The molecule has 0 aliphatic carbocycles. The zero-order chi connectivity index (χ0) is 18.5. The highest BCUT2D eigenvalue weighted by atomic mass is 16.5. The smallest absolute Gasteiger partial charge is 0.328 e. The first-order chi connectivity index (χ1) is 12.6. The lowest BCUT2D eigenvalue weighted by Crippen LogP contribution is -2.39. The molecule has 1 aromatic carbocycles. The molecule has 0 radical (unpaired) electrons. The molecule has 0 saturated heterocycles. The minimum atomic E-state index is -0.695. The van der Waals surface area contributed by atoms with E-state index in [0.717, 1.165) is 10.8 Å². The van der Waals surface area contributed by atoms with Crippen LogP contribution >= 0.6 is 0 Å². The van der Waals surface area contributed by atoms with Crippen molar-refractivity contribution >= 4 is 11.6 Å². The number of carbonyl (C=O) groups excluding carboxylic acids is 1. The van der Waals surface area contributed by atoms with Gasteiger partial charge in [-0.3, -0.25) is 19.1 Å². The van der Waals surface area contributed by atoms with E-state index in [1.165, 1.54) is 7.11 Å². The van der Waals surface area contributed by atoms with E-state index in [1.54, 1.807) is 48.7 Å². The number of anilines is 1. The van der Waals surface area contributed by atoms with Crippen LogP contribution in [0.5, 0.6) is 5.75 Å². The maximum Gasteiger partial charge on any atom is 0.328 e. The van der Waals surface area contributed by atoms with Gasteiger partial charge in [0.2, 0.25) is 0 Å². The SMILES string of the molecule is COc1cccc(NC(=O)c2c[nH]c(=O)n(Cc3ccccn3)c2=O)c1. The molecule has 3 aromatic rings. The normalized spacial score (nSPS) is 10.3. The number of pyridine rings is 1. The maximum atomic E-state index is 12.6. The van der Waals surface area contributed by atoms with Crippen molar-refractivity contribution in [1.29, 1.82) is 0 Å². The molecule has 0 fully saturated rings. The molecular weight excluding hydrogens is 336 g/mol. The molecule has 26 heavy (non-hydrogen) atoms. The molecule has 0 bridgehead atoms. The average Bonchev–Trinajstić information content (AvgIpc) is 2.66. The van der Waals surface area contributed by atoms with Gasteiger partial charge in [0, 0.05) is 24.1 Å². The average molecular weight is 352 g/mol. The summed E-state index contributed by atoms with van der Waals surface area (Å²) in [5.74, 6) is -0.0638. The van der Waals surface area contributed by atoms with E-state index in [0.29, 0.717) is 17.1 Å². The number of aromatic amines is 1. The van der Waals surface area contributed by atoms with Crippen molar-refractivity contribution in [2.45, 2.75) is 6.54 Å². The summed E-state index contributed by atoms with van der Waals surface area (Å²) in [5, 5.41) is 2.61. The number of ether oxygens (including phenoxy) is 1. The number of carbonyl (C=O) groups is 1. The van der Waals surface area contributed by atoms with Gasteiger partial charge in [0.1, 0.15) is 11.3 Å². The van der Waals surface area contributed by atoms with Crippen LogP contribution in [-0.4, -0.2) is 27.6 Å². The number of hydrogen-bond acceptors (Lipinski definition) is 5. The zero-order valence-electron chi connectivity index (χ0n) is 13.9. The first kappa shape index (κ1) is 17.2. The summed E-state index contributed by atoms with van der Waals surface area (Å²) in [6, 6.07) is 11.9.